The Kier molecular flexibility index (Phi) is 4.28. The summed E-state index contributed by atoms with van der Waals surface area (Å²) in [6, 6.07) is -0.747. The monoisotopic (exact) mass is 239 g/mol. The smallest absolute Gasteiger partial charge is 0.327 e. The number of rotatable bonds is 4. The molecule has 0 aliphatic heterocycles. The molecule has 1 rings (SSSR count). The summed E-state index contributed by atoms with van der Waals surface area (Å²) in [4.78, 5) is 11.7. The summed E-state index contributed by atoms with van der Waals surface area (Å²) in [7, 11) is 1.78. The average Bonchev–Trinajstić information content (AvgIpc) is 2.61. The fourth-order valence-corrected chi connectivity index (χ4v) is 1.28. The molecule has 0 bridgehead atoms. The number of carbonyl (C=O) groups is 1. The minimum absolute atomic E-state index is 0.151. The zero-order chi connectivity index (χ0) is 13.1. The van der Waals surface area contributed by atoms with Crippen LogP contribution in [0, 0.1) is 5.41 Å². The minimum atomic E-state index is -0.747. The Morgan fingerprint density at radius 3 is 2.71 bits per heavy atom. The van der Waals surface area contributed by atoms with Gasteiger partial charge in [-0.1, -0.05) is 20.8 Å². The molecule has 96 valence electrons. The van der Waals surface area contributed by atoms with Gasteiger partial charge in [-0.3, -0.25) is 4.68 Å². The van der Waals surface area contributed by atoms with Crippen LogP contribution in [0.4, 0.5) is 0 Å². The van der Waals surface area contributed by atoms with E-state index >= 15 is 0 Å². The van der Waals surface area contributed by atoms with Gasteiger partial charge in [-0.05, 0) is 11.8 Å². The lowest BCUT2D eigenvalue weighted by atomic mass is 9.93. The molecule has 5 nitrogen and oxygen atoms in total. The van der Waals surface area contributed by atoms with Gasteiger partial charge in [0.05, 0.1) is 12.8 Å². The number of aryl methyl sites for hydroxylation is 1. The molecule has 0 saturated heterocycles. The Morgan fingerprint density at radius 2 is 2.24 bits per heavy atom. The summed E-state index contributed by atoms with van der Waals surface area (Å²) in [5, 5.41) is 3.97. The van der Waals surface area contributed by atoms with Crippen molar-refractivity contribution < 1.29 is 9.53 Å². The molecule has 0 aliphatic rings. The second-order valence-corrected chi connectivity index (χ2v) is 5.40. The number of esters is 1. The van der Waals surface area contributed by atoms with E-state index in [-0.39, 0.29) is 5.41 Å². The first-order valence-electron chi connectivity index (χ1n) is 5.70. The molecule has 1 aromatic rings. The van der Waals surface area contributed by atoms with Crippen molar-refractivity contribution in [3.63, 3.8) is 0 Å². The van der Waals surface area contributed by atoms with Crippen molar-refractivity contribution in [3.05, 3.63) is 18.0 Å². The van der Waals surface area contributed by atoms with Gasteiger partial charge in [0.15, 0.2) is 0 Å². The summed E-state index contributed by atoms with van der Waals surface area (Å²) < 4.78 is 6.75. The predicted molar refractivity (Wildman–Crippen MR) is 65.2 cm³/mol. The summed E-state index contributed by atoms with van der Waals surface area (Å²) in [5.74, 6) is -0.401. The second kappa shape index (κ2) is 5.31. The maximum Gasteiger partial charge on any atom is 0.327 e. The largest absolute Gasteiger partial charge is 0.464 e. The highest BCUT2D eigenvalue weighted by molar-refractivity contribution is 5.77. The van der Waals surface area contributed by atoms with Crippen molar-refractivity contribution in [2.24, 2.45) is 18.2 Å². The molecule has 1 aromatic heterocycles. The molecule has 0 fully saturated rings. The Bertz CT molecular complexity index is 379. The van der Waals surface area contributed by atoms with Crippen molar-refractivity contribution >= 4 is 5.97 Å². The quantitative estimate of drug-likeness (QED) is 0.806. The number of aromatic nitrogens is 2. The molecular formula is C12H21N3O2. The lowest BCUT2D eigenvalue weighted by molar-refractivity contribution is -0.146. The van der Waals surface area contributed by atoms with E-state index in [1.807, 2.05) is 0 Å². The summed E-state index contributed by atoms with van der Waals surface area (Å²) >= 11 is 0. The fourth-order valence-electron chi connectivity index (χ4n) is 1.28. The Balaban J connectivity index is 2.43. The van der Waals surface area contributed by atoms with E-state index < -0.39 is 12.0 Å². The Labute approximate surface area is 102 Å². The first-order chi connectivity index (χ1) is 7.79. The van der Waals surface area contributed by atoms with Crippen LogP contribution in [-0.2, 0) is 16.6 Å². The lowest BCUT2D eigenvalue weighted by Crippen LogP contribution is -2.24. The summed E-state index contributed by atoms with van der Waals surface area (Å²) in [5.41, 5.74) is 6.60. The maximum atomic E-state index is 11.7. The first kappa shape index (κ1) is 13.7. The SMILES string of the molecule is Cn1cc(C(N)C(=O)OCCC(C)(C)C)cn1. The van der Waals surface area contributed by atoms with E-state index in [0.29, 0.717) is 12.2 Å². The molecule has 1 unspecified atom stereocenters. The van der Waals surface area contributed by atoms with Gasteiger partial charge in [0, 0.05) is 18.8 Å². The van der Waals surface area contributed by atoms with Crippen molar-refractivity contribution in [1.82, 2.24) is 9.78 Å². The van der Waals surface area contributed by atoms with Crippen molar-refractivity contribution in [3.8, 4) is 0 Å². The van der Waals surface area contributed by atoms with E-state index in [2.05, 4.69) is 25.9 Å². The number of carbonyl (C=O) groups excluding carboxylic acids is 1. The van der Waals surface area contributed by atoms with Crippen LogP contribution in [-0.4, -0.2) is 22.4 Å². The van der Waals surface area contributed by atoms with Crippen LogP contribution in [0.1, 0.15) is 38.8 Å². The van der Waals surface area contributed by atoms with Gasteiger partial charge < -0.3 is 10.5 Å². The minimum Gasteiger partial charge on any atom is -0.464 e. The summed E-state index contributed by atoms with van der Waals surface area (Å²) in [6.45, 7) is 6.70. The third kappa shape index (κ3) is 4.56. The van der Waals surface area contributed by atoms with Gasteiger partial charge in [0.25, 0.3) is 0 Å². The van der Waals surface area contributed by atoms with Crippen molar-refractivity contribution in [2.75, 3.05) is 6.61 Å². The Hall–Kier alpha value is -1.36. The van der Waals surface area contributed by atoms with Crippen LogP contribution in [0.5, 0.6) is 0 Å². The number of hydrogen-bond donors (Lipinski definition) is 1. The van der Waals surface area contributed by atoms with Crippen LogP contribution in [0.15, 0.2) is 12.4 Å². The molecule has 0 amide bonds. The molecule has 0 saturated carbocycles. The topological polar surface area (TPSA) is 70.1 Å². The standard InChI is InChI=1S/C12H21N3O2/c1-12(2,3)5-6-17-11(16)10(13)9-7-14-15(4)8-9/h7-8,10H,5-6,13H2,1-4H3. The van der Waals surface area contributed by atoms with Crippen molar-refractivity contribution in [1.29, 1.82) is 0 Å². The molecule has 0 spiro atoms. The van der Waals surface area contributed by atoms with Gasteiger partial charge in [-0.25, -0.2) is 4.79 Å². The van der Waals surface area contributed by atoms with Crippen LogP contribution in [0.2, 0.25) is 0 Å². The van der Waals surface area contributed by atoms with Gasteiger partial charge in [0.2, 0.25) is 0 Å². The fraction of sp³-hybridized carbons (Fsp3) is 0.667. The average molecular weight is 239 g/mol. The van der Waals surface area contributed by atoms with E-state index in [9.17, 15) is 4.79 Å². The second-order valence-electron chi connectivity index (χ2n) is 5.40. The van der Waals surface area contributed by atoms with Gasteiger partial charge in [-0.2, -0.15) is 5.10 Å². The third-order valence-electron chi connectivity index (χ3n) is 2.43. The molecule has 0 aromatic carbocycles. The summed E-state index contributed by atoms with van der Waals surface area (Å²) in [6.07, 6.45) is 4.11. The van der Waals surface area contributed by atoms with E-state index in [1.165, 1.54) is 0 Å². The van der Waals surface area contributed by atoms with E-state index in [1.54, 1.807) is 24.1 Å². The van der Waals surface area contributed by atoms with Crippen molar-refractivity contribution in [2.45, 2.75) is 33.2 Å². The molecule has 2 N–H and O–H groups in total. The third-order valence-corrected chi connectivity index (χ3v) is 2.43. The van der Waals surface area contributed by atoms with Gasteiger partial charge >= 0.3 is 5.97 Å². The first-order valence-corrected chi connectivity index (χ1v) is 5.70. The molecule has 0 radical (unpaired) electrons. The van der Waals surface area contributed by atoms with Crippen LogP contribution >= 0.6 is 0 Å². The van der Waals surface area contributed by atoms with Crippen LogP contribution in [0.3, 0.4) is 0 Å². The molecule has 17 heavy (non-hydrogen) atoms. The number of nitrogens with zero attached hydrogens (tertiary/aromatic N) is 2. The molecular weight excluding hydrogens is 218 g/mol. The van der Waals surface area contributed by atoms with E-state index in [0.717, 1.165) is 6.42 Å². The molecule has 5 heteroatoms. The molecule has 0 aliphatic carbocycles. The zero-order valence-corrected chi connectivity index (χ0v) is 10.9. The van der Waals surface area contributed by atoms with Crippen LogP contribution < -0.4 is 5.73 Å². The zero-order valence-electron chi connectivity index (χ0n) is 10.9. The highest BCUT2D eigenvalue weighted by atomic mass is 16.5. The maximum absolute atomic E-state index is 11.7. The van der Waals surface area contributed by atoms with Crippen LogP contribution in [0.25, 0.3) is 0 Å². The Morgan fingerprint density at radius 1 is 1.59 bits per heavy atom. The van der Waals surface area contributed by atoms with Gasteiger partial charge in [0.1, 0.15) is 6.04 Å². The number of ether oxygens (including phenoxy) is 1. The highest BCUT2D eigenvalue weighted by Crippen LogP contribution is 2.18. The lowest BCUT2D eigenvalue weighted by Gasteiger charge is -2.18. The van der Waals surface area contributed by atoms with E-state index in [4.69, 9.17) is 10.5 Å². The number of nitrogens with two attached hydrogens (primary N) is 1. The number of hydrogen-bond acceptors (Lipinski definition) is 4. The highest BCUT2D eigenvalue weighted by Gasteiger charge is 2.19. The predicted octanol–water partition coefficient (Wildman–Crippen LogP) is 1.40. The molecule has 1 atom stereocenters. The van der Waals surface area contributed by atoms with Gasteiger partial charge in [-0.15, -0.1) is 0 Å². The normalized spacial score (nSPS) is 13.5. The molecule has 1 heterocycles.